The van der Waals surface area contributed by atoms with Crippen molar-refractivity contribution in [2.75, 3.05) is 0 Å². The molecule has 0 bridgehead atoms. The van der Waals surface area contributed by atoms with Crippen LogP contribution >= 0.6 is 0 Å². The summed E-state index contributed by atoms with van der Waals surface area (Å²) in [6, 6.07) is 8.07. The monoisotopic (exact) mass is 236 g/mol. The van der Waals surface area contributed by atoms with Crippen LogP contribution in [0.5, 0.6) is 0 Å². The van der Waals surface area contributed by atoms with Gasteiger partial charge >= 0.3 is 83.5 Å². The second-order valence-corrected chi connectivity index (χ2v) is 7.90. The predicted octanol–water partition coefficient (Wildman–Crippen LogP) is 2.50. The van der Waals surface area contributed by atoms with Crippen molar-refractivity contribution in [1.82, 2.24) is 0 Å². The number of aryl methyl sites for hydroxylation is 1. The van der Waals surface area contributed by atoms with Crippen LogP contribution in [0.25, 0.3) is 4.36 Å². The van der Waals surface area contributed by atoms with E-state index in [1.807, 2.05) is 31.2 Å². The van der Waals surface area contributed by atoms with Crippen molar-refractivity contribution in [2.24, 2.45) is 0 Å². The summed E-state index contributed by atoms with van der Waals surface area (Å²) in [6.45, 7) is 2.04. The fraction of sp³-hybridized carbons (Fsp3) is 0.273. The van der Waals surface area contributed by atoms with Gasteiger partial charge < -0.3 is 0 Å². The molecule has 0 amide bonds. The summed E-state index contributed by atoms with van der Waals surface area (Å²) in [5.74, 6) is 2.07. The molecule has 0 radical (unpaired) electrons. The van der Waals surface area contributed by atoms with Gasteiger partial charge in [-0.1, -0.05) is 0 Å². The van der Waals surface area contributed by atoms with Gasteiger partial charge in [-0.15, -0.1) is 0 Å². The summed E-state index contributed by atoms with van der Waals surface area (Å²) < 4.78 is 0.896. The second-order valence-electron chi connectivity index (χ2n) is 3.21. The molecule has 0 spiro atoms. The number of carbonyl (C=O) groups excluding carboxylic acids is 1. The quantitative estimate of drug-likeness (QED) is 0.569. The van der Waals surface area contributed by atoms with Gasteiger partial charge in [-0.3, -0.25) is 0 Å². The molecule has 0 aliphatic heterocycles. The fourth-order valence-corrected chi connectivity index (χ4v) is 2.90. The minimum absolute atomic E-state index is 0.896. The summed E-state index contributed by atoms with van der Waals surface area (Å²) in [5.41, 5.74) is 6.56. The maximum absolute atomic E-state index is 10.7. The van der Waals surface area contributed by atoms with E-state index in [-0.39, 0.29) is 0 Å². The Hall–Kier alpha value is -0.772. The molecule has 0 heterocycles. The summed E-state index contributed by atoms with van der Waals surface area (Å²) in [5, 5.41) is 0. The van der Waals surface area contributed by atoms with Crippen LogP contribution in [-0.4, -0.2) is 20.6 Å². The topological polar surface area (TPSA) is 17.1 Å². The molecular formula is C11H13AsO. The van der Waals surface area contributed by atoms with Crippen LogP contribution in [-0.2, 0) is 4.79 Å². The van der Waals surface area contributed by atoms with Gasteiger partial charge in [-0.2, -0.15) is 0 Å². The van der Waals surface area contributed by atoms with Crippen LogP contribution in [0.3, 0.4) is 0 Å². The Morgan fingerprint density at radius 1 is 1.23 bits per heavy atom. The fourth-order valence-electron chi connectivity index (χ4n) is 1.12. The Labute approximate surface area is 83.7 Å². The minimum atomic E-state index is -1.10. The van der Waals surface area contributed by atoms with Crippen LogP contribution in [0.1, 0.15) is 11.1 Å². The van der Waals surface area contributed by atoms with Crippen molar-refractivity contribution in [3.05, 3.63) is 35.4 Å². The van der Waals surface area contributed by atoms with E-state index in [0.29, 0.717) is 0 Å². The van der Waals surface area contributed by atoms with E-state index in [0.717, 1.165) is 9.92 Å². The van der Waals surface area contributed by atoms with Gasteiger partial charge in [0.05, 0.1) is 0 Å². The normalized spacial score (nSPS) is 9.85. The van der Waals surface area contributed by atoms with Gasteiger partial charge in [0.2, 0.25) is 0 Å². The summed E-state index contributed by atoms with van der Waals surface area (Å²) in [6.07, 6.45) is 0. The van der Waals surface area contributed by atoms with E-state index in [4.69, 9.17) is 0 Å². The molecule has 2 heteroatoms. The van der Waals surface area contributed by atoms with Gasteiger partial charge in [0.25, 0.3) is 0 Å². The van der Waals surface area contributed by atoms with E-state index >= 15 is 0 Å². The molecule has 0 aromatic heterocycles. The van der Waals surface area contributed by atoms with Gasteiger partial charge in [0.1, 0.15) is 0 Å². The summed E-state index contributed by atoms with van der Waals surface area (Å²) in [7, 11) is 0. The zero-order valence-corrected chi connectivity index (χ0v) is 10.0. The molecule has 13 heavy (non-hydrogen) atoms. The molecule has 0 saturated heterocycles. The first kappa shape index (κ1) is 10.3. The molecule has 1 aromatic rings. The van der Waals surface area contributed by atoms with Gasteiger partial charge in [-0.05, 0) is 0 Å². The molecule has 68 valence electrons. The first-order valence-electron chi connectivity index (χ1n) is 4.14. The van der Waals surface area contributed by atoms with Crippen LogP contribution in [0.15, 0.2) is 24.3 Å². The van der Waals surface area contributed by atoms with Gasteiger partial charge in [0, 0.05) is 0 Å². The number of hydrogen-bond acceptors (Lipinski definition) is 1. The average Bonchev–Trinajstić information content (AvgIpc) is 2.09. The SMILES string of the molecule is Cc1ccc(C(=C=O)[As](C)C)cc1. The number of hydrogen-bond donors (Lipinski definition) is 0. The van der Waals surface area contributed by atoms with Gasteiger partial charge in [0.15, 0.2) is 0 Å². The van der Waals surface area contributed by atoms with E-state index < -0.39 is 14.7 Å². The zero-order chi connectivity index (χ0) is 9.84. The maximum atomic E-state index is 10.7. The Bertz CT molecular complexity index is 332. The molecule has 1 rings (SSSR count). The Kier molecular flexibility index (Phi) is 3.54. The summed E-state index contributed by atoms with van der Waals surface area (Å²) >= 11 is -1.10. The van der Waals surface area contributed by atoms with Crippen molar-refractivity contribution in [1.29, 1.82) is 0 Å². The Morgan fingerprint density at radius 3 is 2.15 bits per heavy atom. The van der Waals surface area contributed by atoms with Crippen molar-refractivity contribution in [3.8, 4) is 0 Å². The van der Waals surface area contributed by atoms with E-state index in [9.17, 15) is 4.79 Å². The molecule has 1 nitrogen and oxygen atoms in total. The third-order valence-electron chi connectivity index (χ3n) is 1.87. The zero-order valence-electron chi connectivity index (χ0n) is 8.16. The molecule has 0 aliphatic carbocycles. The van der Waals surface area contributed by atoms with Crippen molar-refractivity contribution < 1.29 is 4.79 Å². The standard InChI is InChI=1S/C11H13AsO/c1-9-4-6-10(7-5-9)11(8-13)12(2)3/h4-7H,1-3H3. The van der Waals surface area contributed by atoms with E-state index in [1.165, 1.54) is 5.56 Å². The van der Waals surface area contributed by atoms with Crippen molar-refractivity contribution in [3.63, 3.8) is 0 Å². The third kappa shape index (κ3) is 2.59. The van der Waals surface area contributed by atoms with Crippen LogP contribution in [0.2, 0.25) is 11.4 Å². The van der Waals surface area contributed by atoms with Crippen LogP contribution < -0.4 is 0 Å². The molecule has 0 aliphatic rings. The number of rotatable bonds is 2. The molecule has 1 aromatic carbocycles. The van der Waals surface area contributed by atoms with Gasteiger partial charge in [-0.25, -0.2) is 0 Å². The number of benzene rings is 1. The van der Waals surface area contributed by atoms with E-state index in [2.05, 4.69) is 17.4 Å². The van der Waals surface area contributed by atoms with Crippen molar-refractivity contribution >= 4 is 25.0 Å². The molecular weight excluding hydrogens is 223 g/mol. The van der Waals surface area contributed by atoms with Crippen LogP contribution in [0, 0.1) is 6.92 Å². The molecule has 0 N–H and O–H groups in total. The second kappa shape index (κ2) is 4.46. The molecule has 0 saturated carbocycles. The van der Waals surface area contributed by atoms with Crippen molar-refractivity contribution in [2.45, 2.75) is 18.3 Å². The molecule has 0 atom stereocenters. The van der Waals surface area contributed by atoms with E-state index in [1.54, 1.807) is 0 Å². The predicted molar refractivity (Wildman–Crippen MR) is 57.8 cm³/mol. The Morgan fingerprint density at radius 2 is 1.77 bits per heavy atom. The third-order valence-corrected chi connectivity index (χ3v) is 4.48. The van der Waals surface area contributed by atoms with Crippen LogP contribution in [0.4, 0.5) is 0 Å². The Balaban J connectivity index is 3.08. The molecule has 0 fully saturated rings. The first-order chi connectivity index (χ1) is 6.15. The first-order valence-corrected chi connectivity index (χ1v) is 8.83. The summed E-state index contributed by atoms with van der Waals surface area (Å²) in [4.78, 5) is 10.7. The average molecular weight is 236 g/mol. The molecule has 0 unspecified atom stereocenters.